The number of carbonyl (C=O) groups excluding carboxylic acids is 1. The predicted molar refractivity (Wildman–Crippen MR) is 87.9 cm³/mol. The number of hydrogen-bond donors (Lipinski definition) is 1. The normalized spacial score (nSPS) is 11.5. The van der Waals surface area contributed by atoms with Gasteiger partial charge in [0.05, 0.1) is 5.69 Å². The number of nitrogens with one attached hydrogen (secondary N) is 1. The summed E-state index contributed by atoms with van der Waals surface area (Å²) < 4.78 is 79.5. The number of aromatic nitrogens is 2. The molecule has 146 valence electrons. The van der Waals surface area contributed by atoms with E-state index in [9.17, 15) is 31.1 Å². The van der Waals surface area contributed by atoms with Crippen LogP contribution in [0.1, 0.15) is 16.1 Å². The minimum absolute atomic E-state index is 0.134. The fourth-order valence-corrected chi connectivity index (χ4v) is 2.55. The minimum Gasteiger partial charge on any atom is -0.322 e. The number of amides is 1. The lowest BCUT2D eigenvalue weighted by atomic mass is 10.1. The molecular formula is C18H11F6N3O. The van der Waals surface area contributed by atoms with Crippen molar-refractivity contribution in [3.05, 3.63) is 71.2 Å². The molecule has 0 spiro atoms. The summed E-state index contributed by atoms with van der Waals surface area (Å²) in [6.07, 6.45) is -4.59. The van der Waals surface area contributed by atoms with Gasteiger partial charge in [-0.25, -0.2) is 13.2 Å². The van der Waals surface area contributed by atoms with Gasteiger partial charge in [-0.1, -0.05) is 12.1 Å². The number of carbonyl (C=O) groups is 1. The van der Waals surface area contributed by atoms with Crippen LogP contribution in [-0.2, 0) is 13.2 Å². The van der Waals surface area contributed by atoms with Crippen LogP contribution in [0.25, 0.3) is 11.3 Å². The van der Waals surface area contributed by atoms with Gasteiger partial charge < -0.3 is 5.32 Å². The van der Waals surface area contributed by atoms with E-state index in [1.807, 2.05) is 0 Å². The molecule has 4 nitrogen and oxygen atoms in total. The average molecular weight is 399 g/mol. The van der Waals surface area contributed by atoms with E-state index in [2.05, 4.69) is 10.4 Å². The van der Waals surface area contributed by atoms with Gasteiger partial charge in [-0.2, -0.15) is 18.3 Å². The summed E-state index contributed by atoms with van der Waals surface area (Å²) >= 11 is 0. The van der Waals surface area contributed by atoms with Crippen molar-refractivity contribution in [3.8, 4) is 11.3 Å². The first kappa shape index (κ1) is 19.5. The molecule has 0 fully saturated rings. The molecule has 1 heterocycles. The molecule has 1 N–H and O–H groups in total. The number of aryl methyl sites for hydroxylation is 1. The van der Waals surface area contributed by atoms with E-state index in [-0.39, 0.29) is 11.4 Å². The molecule has 3 aromatic rings. The van der Waals surface area contributed by atoms with Crippen molar-refractivity contribution in [2.75, 3.05) is 5.32 Å². The van der Waals surface area contributed by atoms with E-state index in [0.29, 0.717) is 17.7 Å². The zero-order valence-corrected chi connectivity index (χ0v) is 14.1. The molecule has 0 saturated heterocycles. The summed E-state index contributed by atoms with van der Waals surface area (Å²) in [7, 11) is 1.35. The Labute approximate surface area is 154 Å². The molecule has 0 saturated carbocycles. The van der Waals surface area contributed by atoms with Gasteiger partial charge in [0, 0.05) is 24.9 Å². The molecule has 0 unspecified atom stereocenters. The second-order valence-corrected chi connectivity index (χ2v) is 5.81. The third-order valence-electron chi connectivity index (χ3n) is 3.84. The Morgan fingerprint density at radius 2 is 1.57 bits per heavy atom. The molecule has 3 rings (SSSR count). The van der Waals surface area contributed by atoms with Crippen molar-refractivity contribution in [1.29, 1.82) is 0 Å². The Kier molecular flexibility index (Phi) is 4.88. The van der Waals surface area contributed by atoms with Crippen molar-refractivity contribution < 1.29 is 31.1 Å². The lowest BCUT2D eigenvalue weighted by Crippen LogP contribution is -2.16. The molecule has 2 aromatic carbocycles. The smallest absolute Gasteiger partial charge is 0.322 e. The van der Waals surface area contributed by atoms with Crippen LogP contribution in [0.2, 0.25) is 0 Å². The van der Waals surface area contributed by atoms with E-state index in [4.69, 9.17) is 0 Å². The Morgan fingerprint density at radius 3 is 2.07 bits per heavy atom. The van der Waals surface area contributed by atoms with E-state index in [1.54, 1.807) is 0 Å². The van der Waals surface area contributed by atoms with Crippen molar-refractivity contribution >= 4 is 11.6 Å². The van der Waals surface area contributed by atoms with Crippen molar-refractivity contribution in [2.45, 2.75) is 6.18 Å². The first-order valence-corrected chi connectivity index (χ1v) is 7.74. The van der Waals surface area contributed by atoms with Gasteiger partial charge in [0.1, 0.15) is 23.0 Å². The highest BCUT2D eigenvalue weighted by Crippen LogP contribution is 2.31. The highest BCUT2D eigenvalue weighted by atomic mass is 19.4. The molecule has 0 aliphatic heterocycles. The fourth-order valence-electron chi connectivity index (χ4n) is 2.55. The second kappa shape index (κ2) is 7.02. The van der Waals surface area contributed by atoms with E-state index in [1.165, 1.54) is 31.3 Å². The number of alkyl halides is 3. The predicted octanol–water partition coefficient (Wildman–Crippen LogP) is 4.78. The zero-order valence-electron chi connectivity index (χ0n) is 14.1. The molecule has 28 heavy (non-hydrogen) atoms. The lowest BCUT2D eigenvalue weighted by Gasteiger charge is -2.08. The molecule has 0 atom stereocenters. The maximum Gasteiger partial charge on any atom is 0.435 e. The summed E-state index contributed by atoms with van der Waals surface area (Å²) in [6.45, 7) is 0. The zero-order chi connectivity index (χ0) is 20.6. The van der Waals surface area contributed by atoms with Crippen LogP contribution in [0.15, 0.2) is 42.5 Å². The first-order chi connectivity index (χ1) is 13.1. The lowest BCUT2D eigenvalue weighted by molar-refractivity contribution is -0.141. The molecule has 1 amide bonds. The quantitative estimate of drug-likeness (QED) is 0.645. The number of rotatable bonds is 3. The van der Waals surface area contributed by atoms with Crippen LogP contribution >= 0.6 is 0 Å². The SMILES string of the molecule is Cn1nc(C(F)(F)F)cc1-c1ccc(NC(=O)c2c(F)cc(F)cc2F)cc1. The van der Waals surface area contributed by atoms with Crippen molar-refractivity contribution in [2.24, 2.45) is 7.05 Å². The summed E-state index contributed by atoms with van der Waals surface area (Å²) in [5.41, 5.74) is -1.31. The number of benzene rings is 2. The Morgan fingerprint density at radius 1 is 1.00 bits per heavy atom. The molecule has 0 radical (unpaired) electrons. The third-order valence-corrected chi connectivity index (χ3v) is 3.84. The van der Waals surface area contributed by atoms with Gasteiger partial charge in [-0.05, 0) is 23.8 Å². The number of anilines is 1. The highest BCUT2D eigenvalue weighted by molar-refractivity contribution is 6.04. The monoisotopic (exact) mass is 399 g/mol. The number of halogens is 6. The fraction of sp³-hybridized carbons (Fsp3) is 0.111. The molecule has 1 aromatic heterocycles. The van der Waals surface area contributed by atoms with Crippen LogP contribution in [0.3, 0.4) is 0 Å². The van der Waals surface area contributed by atoms with Gasteiger partial charge in [0.2, 0.25) is 0 Å². The average Bonchev–Trinajstić information content (AvgIpc) is 2.96. The summed E-state index contributed by atoms with van der Waals surface area (Å²) in [5, 5.41) is 5.64. The van der Waals surface area contributed by atoms with Gasteiger partial charge >= 0.3 is 6.18 Å². The van der Waals surface area contributed by atoms with E-state index in [0.717, 1.165) is 10.7 Å². The third kappa shape index (κ3) is 3.85. The number of nitrogens with zero attached hydrogens (tertiary/aromatic N) is 2. The van der Waals surface area contributed by atoms with Crippen LogP contribution in [0.5, 0.6) is 0 Å². The molecule has 0 bridgehead atoms. The minimum atomic E-state index is -4.59. The van der Waals surface area contributed by atoms with Crippen molar-refractivity contribution in [3.63, 3.8) is 0 Å². The molecular weight excluding hydrogens is 388 g/mol. The van der Waals surface area contributed by atoms with Gasteiger partial charge in [-0.15, -0.1) is 0 Å². The maximum atomic E-state index is 13.7. The Bertz CT molecular complexity index is 1020. The largest absolute Gasteiger partial charge is 0.435 e. The van der Waals surface area contributed by atoms with Crippen molar-refractivity contribution in [1.82, 2.24) is 9.78 Å². The van der Waals surface area contributed by atoms with Crippen LogP contribution < -0.4 is 5.32 Å². The maximum absolute atomic E-state index is 13.7. The first-order valence-electron chi connectivity index (χ1n) is 7.74. The topological polar surface area (TPSA) is 46.9 Å². The Balaban J connectivity index is 1.82. The van der Waals surface area contributed by atoms with Gasteiger partial charge in [0.25, 0.3) is 5.91 Å². The van der Waals surface area contributed by atoms with E-state index < -0.39 is 40.8 Å². The van der Waals surface area contributed by atoms with Gasteiger partial charge in [0.15, 0.2) is 5.69 Å². The number of hydrogen-bond acceptors (Lipinski definition) is 2. The van der Waals surface area contributed by atoms with Crippen LogP contribution in [0, 0.1) is 17.5 Å². The van der Waals surface area contributed by atoms with Gasteiger partial charge in [-0.3, -0.25) is 9.48 Å². The van der Waals surface area contributed by atoms with E-state index >= 15 is 0 Å². The second-order valence-electron chi connectivity index (χ2n) is 5.81. The Hall–Kier alpha value is -3.30. The standard InChI is InChI=1S/C18H11F6N3O/c1-27-14(8-15(26-27)18(22,23)24)9-2-4-11(5-3-9)25-17(28)16-12(20)6-10(19)7-13(16)21/h2-8H,1H3,(H,25,28). The van der Waals surface area contributed by atoms with Crippen LogP contribution in [-0.4, -0.2) is 15.7 Å². The molecule has 0 aliphatic carbocycles. The van der Waals surface area contributed by atoms with Crippen LogP contribution in [0.4, 0.5) is 32.0 Å². The molecule has 10 heteroatoms. The summed E-state index contributed by atoms with van der Waals surface area (Å²) in [5.74, 6) is -5.02. The summed E-state index contributed by atoms with van der Waals surface area (Å²) in [6, 6.07) is 7.12. The highest BCUT2D eigenvalue weighted by Gasteiger charge is 2.34. The molecule has 0 aliphatic rings. The summed E-state index contributed by atoms with van der Waals surface area (Å²) in [4.78, 5) is 12.0.